The van der Waals surface area contributed by atoms with E-state index in [4.69, 9.17) is 14.2 Å². The van der Waals surface area contributed by atoms with Gasteiger partial charge in [0.05, 0.1) is 0 Å². The van der Waals surface area contributed by atoms with Crippen LogP contribution in [-0.2, 0) is 20.2 Å². The predicted octanol–water partition coefficient (Wildman–Crippen LogP) is -3.52. The number of aliphatic hydroxyl groups is 1. The SMILES string of the molecule is CC(O)(S(=O)(=O)O)S(=O)(=O)O.[NaH].[NaH].[NaH]. The van der Waals surface area contributed by atoms with Gasteiger partial charge < -0.3 is 5.11 Å². The van der Waals surface area contributed by atoms with Crippen LogP contribution in [0.2, 0.25) is 0 Å². The molecular formula is C2H9Na3O7S2. The Balaban J connectivity index is -0.000000167. The van der Waals surface area contributed by atoms with E-state index in [1.165, 1.54) is 0 Å². The van der Waals surface area contributed by atoms with Crippen molar-refractivity contribution in [3.05, 3.63) is 0 Å². The van der Waals surface area contributed by atoms with Crippen molar-refractivity contribution in [1.82, 2.24) is 0 Å². The van der Waals surface area contributed by atoms with E-state index in [1.807, 2.05) is 0 Å². The Hall–Kier alpha value is 2.78. The molecule has 0 heterocycles. The van der Waals surface area contributed by atoms with Gasteiger partial charge in [-0.05, 0) is 6.92 Å². The molecule has 0 rings (SSSR count). The molecule has 0 saturated carbocycles. The molecule has 14 heavy (non-hydrogen) atoms. The van der Waals surface area contributed by atoms with Crippen molar-refractivity contribution in [1.29, 1.82) is 0 Å². The molecular weight excluding hydrogens is 269 g/mol. The molecule has 0 aliphatic heterocycles. The first-order chi connectivity index (χ1) is 4.50. The van der Waals surface area contributed by atoms with Gasteiger partial charge in [0.15, 0.2) is 0 Å². The average molecular weight is 278 g/mol. The van der Waals surface area contributed by atoms with Crippen LogP contribution < -0.4 is 0 Å². The Kier molecular flexibility index (Phi) is 14.6. The molecule has 0 bridgehead atoms. The van der Waals surface area contributed by atoms with Gasteiger partial charge in [-0.15, -0.1) is 0 Å². The fraction of sp³-hybridized carbons (Fsp3) is 1.00. The molecule has 74 valence electrons. The Bertz CT molecular complexity index is 307. The maximum atomic E-state index is 10.1. The second-order valence-corrected chi connectivity index (χ2v) is 5.60. The van der Waals surface area contributed by atoms with Gasteiger partial charge >= 0.3 is 113 Å². The van der Waals surface area contributed by atoms with Gasteiger partial charge in [0.2, 0.25) is 0 Å². The summed E-state index contributed by atoms with van der Waals surface area (Å²) in [7, 11) is -10.5. The van der Waals surface area contributed by atoms with Crippen LogP contribution in [-0.4, -0.2) is 124 Å². The number of hydrogen-bond acceptors (Lipinski definition) is 5. The summed E-state index contributed by atoms with van der Waals surface area (Å²) in [6.45, 7) is 0.234. The fourth-order valence-corrected chi connectivity index (χ4v) is 1.20. The molecule has 0 spiro atoms. The third-order valence-corrected chi connectivity index (χ3v) is 4.14. The summed E-state index contributed by atoms with van der Waals surface area (Å²) in [5, 5.41) is 8.51. The van der Waals surface area contributed by atoms with Crippen molar-refractivity contribution >= 4 is 109 Å². The molecule has 7 nitrogen and oxygen atoms in total. The minimum atomic E-state index is -5.24. The molecule has 0 fully saturated rings. The number of hydrogen-bond donors (Lipinski definition) is 3. The summed E-state index contributed by atoms with van der Waals surface area (Å²) in [5.41, 5.74) is 0. The Morgan fingerprint density at radius 3 is 1.00 bits per heavy atom. The quantitative estimate of drug-likeness (QED) is 0.353. The minimum absolute atomic E-state index is 0. The summed E-state index contributed by atoms with van der Waals surface area (Å²) in [6.07, 6.45) is 0. The van der Waals surface area contributed by atoms with Crippen molar-refractivity contribution < 1.29 is 31.0 Å². The molecule has 3 N–H and O–H groups in total. The van der Waals surface area contributed by atoms with Crippen molar-refractivity contribution in [2.45, 2.75) is 11.2 Å². The molecule has 0 aliphatic rings. The molecule has 0 aliphatic carbocycles. The predicted molar refractivity (Wildman–Crippen MR) is 55.2 cm³/mol. The van der Waals surface area contributed by atoms with Crippen LogP contribution in [0, 0.1) is 0 Å². The first-order valence-electron chi connectivity index (χ1n) is 2.16. The van der Waals surface area contributed by atoms with Gasteiger partial charge in [-0.1, -0.05) is 0 Å². The summed E-state index contributed by atoms with van der Waals surface area (Å²) in [6, 6.07) is 0. The summed E-state index contributed by atoms with van der Waals surface area (Å²) < 4.78 is 52.8. The van der Waals surface area contributed by atoms with Gasteiger partial charge in [-0.3, -0.25) is 9.11 Å². The zero-order valence-electron chi connectivity index (χ0n) is 5.29. The van der Waals surface area contributed by atoms with E-state index >= 15 is 0 Å². The van der Waals surface area contributed by atoms with Crippen LogP contribution in [0.3, 0.4) is 0 Å². The topological polar surface area (TPSA) is 129 Å². The molecule has 0 radical (unpaired) electrons. The monoisotopic (exact) mass is 278 g/mol. The molecule has 0 saturated heterocycles. The summed E-state index contributed by atoms with van der Waals surface area (Å²) >= 11 is 0. The van der Waals surface area contributed by atoms with E-state index in [2.05, 4.69) is 0 Å². The van der Waals surface area contributed by atoms with Gasteiger partial charge in [0.1, 0.15) is 0 Å². The Morgan fingerprint density at radius 1 is 0.857 bits per heavy atom. The van der Waals surface area contributed by atoms with Gasteiger partial charge in [0, 0.05) is 0 Å². The van der Waals surface area contributed by atoms with E-state index in [0.29, 0.717) is 0 Å². The van der Waals surface area contributed by atoms with Crippen LogP contribution in [0.15, 0.2) is 0 Å². The van der Waals surface area contributed by atoms with Crippen LogP contribution in [0.5, 0.6) is 0 Å². The van der Waals surface area contributed by atoms with Crippen LogP contribution >= 0.6 is 0 Å². The second-order valence-electron chi connectivity index (χ2n) is 1.85. The fourth-order valence-electron chi connectivity index (χ4n) is 0.133. The van der Waals surface area contributed by atoms with Crippen molar-refractivity contribution in [2.24, 2.45) is 0 Å². The van der Waals surface area contributed by atoms with Crippen LogP contribution in [0.1, 0.15) is 6.92 Å². The number of rotatable bonds is 2. The zero-order valence-corrected chi connectivity index (χ0v) is 6.92. The molecule has 0 atom stereocenters. The van der Waals surface area contributed by atoms with Crippen LogP contribution in [0.4, 0.5) is 0 Å². The van der Waals surface area contributed by atoms with Crippen molar-refractivity contribution in [3.8, 4) is 0 Å². The first kappa shape index (κ1) is 25.6. The average Bonchev–Trinajstić information content (AvgIpc) is 1.58. The molecule has 12 heteroatoms. The van der Waals surface area contributed by atoms with Crippen LogP contribution in [0.25, 0.3) is 0 Å². The molecule has 0 amide bonds. The maximum absolute atomic E-state index is 10.1. The van der Waals surface area contributed by atoms with Crippen molar-refractivity contribution in [3.63, 3.8) is 0 Å². The normalized spacial score (nSPS) is 11.7. The zero-order chi connectivity index (χ0) is 9.50. The van der Waals surface area contributed by atoms with E-state index in [0.717, 1.165) is 0 Å². The molecule has 0 unspecified atom stereocenters. The Labute approximate surface area is 148 Å². The van der Waals surface area contributed by atoms with E-state index in [-0.39, 0.29) is 95.6 Å². The third kappa shape index (κ3) is 6.50. The second kappa shape index (κ2) is 7.98. The van der Waals surface area contributed by atoms with E-state index in [9.17, 15) is 16.8 Å². The van der Waals surface area contributed by atoms with E-state index < -0.39 is 24.5 Å². The third-order valence-electron chi connectivity index (χ3n) is 0.957. The van der Waals surface area contributed by atoms with Gasteiger partial charge in [0.25, 0.3) is 0 Å². The molecule has 0 aromatic carbocycles. The van der Waals surface area contributed by atoms with E-state index in [1.54, 1.807) is 0 Å². The summed E-state index contributed by atoms with van der Waals surface area (Å²) in [5.74, 6) is 0. The first-order valence-corrected chi connectivity index (χ1v) is 5.04. The summed E-state index contributed by atoms with van der Waals surface area (Å²) in [4.78, 5) is 0. The molecule has 0 aromatic heterocycles. The van der Waals surface area contributed by atoms with Gasteiger partial charge in [-0.2, -0.15) is 16.8 Å². The standard InChI is InChI=1S/C2H6O7S2.3Na.3H/c1-2(3,10(4,5)6)11(7,8)9;;;;;;/h3H,1H3,(H,4,5,6)(H,7,8,9);;;;;;. The molecule has 0 aromatic rings. The van der Waals surface area contributed by atoms with Crippen molar-refractivity contribution in [2.75, 3.05) is 0 Å². The Morgan fingerprint density at radius 2 is 1.00 bits per heavy atom. The van der Waals surface area contributed by atoms with Gasteiger partial charge in [-0.25, -0.2) is 0 Å².